The molecule has 1 nitrogen and oxygen atoms in total. The Morgan fingerprint density at radius 1 is 0.882 bits per heavy atom. The minimum atomic E-state index is 0. The molecule has 2 heteroatoms. The first kappa shape index (κ1) is 16.7. The molecule has 0 radical (unpaired) electrons. The van der Waals surface area contributed by atoms with E-state index in [9.17, 15) is 0 Å². The van der Waals surface area contributed by atoms with E-state index >= 15 is 0 Å². The van der Waals surface area contributed by atoms with E-state index in [4.69, 9.17) is 0 Å². The summed E-state index contributed by atoms with van der Waals surface area (Å²) in [5, 5.41) is 0. The van der Waals surface area contributed by atoms with Crippen LogP contribution >= 0.6 is 0 Å². The highest BCUT2D eigenvalue weighted by Crippen LogP contribution is 2.10. The Morgan fingerprint density at radius 2 is 1.41 bits per heavy atom. The Bertz CT molecular complexity index is 272. The molecule has 0 saturated carbocycles. The molecule has 0 aliphatic carbocycles. The van der Waals surface area contributed by atoms with E-state index in [0.29, 0.717) is 0 Å². The third kappa shape index (κ3) is 5.22. The lowest BCUT2D eigenvalue weighted by molar-refractivity contribution is -0.923. The fourth-order valence-corrected chi connectivity index (χ4v) is 2.41. The number of hydrogen-bond donors (Lipinski definition) is 0. The molecule has 17 heavy (non-hydrogen) atoms. The van der Waals surface area contributed by atoms with Gasteiger partial charge < -0.3 is 21.5 Å². The topological polar surface area (TPSA) is 0 Å². The maximum absolute atomic E-state index is 2.31. The SMILES string of the molecule is CC[N+](CC)(CC)CCCc1ccccc1.[Br-]. The van der Waals surface area contributed by atoms with Crippen LogP contribution in [0.25, 0.3) is 0 Å². The highest BCUT2D eigenvalue weighted by atomic mass is 79.9. The molecular formula is C15H26BrN. The minimum Gasteiger partial charge on any atom is -1.00 e. The lowest BCUT2D eigenvalue weighted by Crippen LogP contribution is -3.00. The Hall–Kier alpha value is -0.340. The van der Waals surface area contributed by atoms with E-state index in [-0.39, 0.29) is 17.0 Å². The van der Waals surface area contributed by atoms with E-state index in [1.165, 1.54) is 49.1 Å². The number of rotatable bonds is 7. The Morgan fingerprint density at radius 3 is 1.88 bits per heavy atom. The van der Waals surface area contributed by atoms with E-state index in [1.807, 2.05) is 0 Å². The fourth-order valence-electron chi connectivity index (χ4n) is 2.41. The molecular weight excluding hydrogens is 274 g/mol. The van der Waals surface area contributed by atoms with Crippen molar-refractivity contribution in [3.63, 3.8) is 0 Å². The maximum atomic E-state index is 2.31. The summed E-state index contributed by atoms with van der Waals surface area (Å²) in [7, 11) is 0. The second-order valence-electron chi connectivity index (χ2n) is 4.60. The monoisotopic (exact) mass is 299 g/mol. The molecule has 0 N–H and O–H groups in total. The van der Waals surface area contributed by atoms with E-state index in [1.54, 1.807) is 0 Å². The van der Waals surface area contributed by atoms with Gasteiger partial charge >= 0.3 is 0 Å². The van der Waals surface area contributed by atoms with Gasteiger partial charge in [0.05, 0.1) is 26.2 Å². The lowest BCUT2D eigenvalue weighted by atomic mass is 10.1. The molecule has 0 aliphatic rings. The first-order chi connectivity index (χ1) is 7.76. The first-order valence-electron chi connectivity index (χ1n) is 6.65. The maximum Gasteiger partial charge on any atom is 0.0789 e. The van der Waals surface area contributed by atoms with Crippen molar-refractivity contribution in [3.8, 4) is 0 Å². The summed E-state index contributed by atoms with van der Waals surface area (Å²) < 4.78 is 1.27. The smallest absolute Gasteiger partial charge is 0.0789 e. The fraction of sp³-hybridized carbons (Fsp3) is 0.600. The van der Waals surface area contributed by atoms with Gasteiger partial charge in [0.1, 0.15) is 0 Å². The van der Waals surface area contributed by atoms with Crippen molar-refractivity contribution in [2.24, 2.45) is 0 Å². The zero-order valence-electron chi connectivity index (χ0n) is 11.5. The van der Waals surface area contributed by atoms with E-state index < -0.39 is 0 Å². The summed E-state index contributed by atoms with van der Waals surface area (Å²) in [6.07, 6.45) is 2.53. The quantitative estimate of drug-likeness (QED) is 0.643. The van der Waals surface area contributed by atoms with Crippen molar-refractivity contribution >= 4 is 0 Å². The van der Waals surface area contributed by atoms with Crippen LogP contribution in [0.4, 0.5) is 0 Å². The van der Waals surface area contributed by atoms with E-state index in [2.05, 4.69) is 51.1 Å². The predicted molar refractivity (Wildman–Crippen MR) is 71.5 cm³/mol. The Labute approximate surface area is 117 Å². The average molecular weight is 300 g/mol. The summed E-state index contributed by atoms with van der Waals surface area (Å²) in [5.41, 5.74) is 1.48. The molecule has 0 aliphatic heterocycles. The van der Waals surface area contributed by atoms with Gasteiger partial charge in [0.15, 0.2) is 0 Å². The van der Waals surface area contributed by atoms with Gasteiger partial charge in [-0.3, -0.25) is 0 Å². The zero-order chi connectivity index (χ0) is 11.9. The standard InChI is InChI=1S/C15H26N.BrH/c1-4-16(5-2,6-3)14-10-13-15-11-8-7-9-12-15;/h7-9,11-12H,4-6,10,13-14H2,1-3H3;1H/q+1;/p-1. The van der Waals surface area contributed by atoms with Crippen LogP contribution in [0, 0.1) is 0 Å². The van der Waals surface area contributed by atoms with Gasteiger partial charge in [0, 0.05) is 6.42 Å². The zero-order valence-corrected chi connectivity index (χ0v) is 13.0. The van der Waals surface area contributed by atoms with Crippen LogP contribution in [0.5, 0.6) is 0 Å². The van der Waals surface area contributed by atoms with Crippen LogP contribution in [0.2, 0.25) is 0 Å². The van der Waals surface area contributed by atoms with Gasteiger partial charge in [-0.05, 0) is 32.8 Å². The van der Waals surface area contributed by atoms with Gasteiger partial charge in [-0.2, -0.15) is 0 Å². The van der Waals surface area contributed by atoms with Crippen LogP contribution in [0.1, 0.15) is 32.8 Å². The molecule has 0 aromatic heterocycles. The number of hydrogen-bond acceptors (Lipinski definition) is 0. The largest absolute Gasteiger partial charge is 1.00 e. The number of benzene rings is 1. The highest BCUT2D eigenvalue weighted by Gasteiger charge is 2.19. The molecule has 0 atom stereocenters. The molecule has 0 bridgehead atoms. The van der Waals surface area contributed by atoms with Crippen molar-refractivity contribution in [1.29, 1.82) is 0 Å². The van der Waals surface area contributed by atoms with Crippen LogP contribution in [0.15, 0.2) is 30.3 Å². The van der Waals surface area contributed by atoms with Crippen molar-refractivity contribution in [1.82, 2.24) is 0 Å². The summed E-state index contributed by atoms with van der Waals surface area (Å²) in [6, 6.07) is 10.8. The molecule has 0 heterocycles. The average Bonchev–Trinajstić information content (AvgIpc) is 2.37. The molecule has 1 rings (SSSR count). The predicted octanol–water partition coefficient (Wildman–Crippen LogP) is 0.500. The van der Waals surface area contributed by atoms with Gasteiger partial charge in [-0.25, -0.2) is 0 Å². The highest BCUT2D eigenvalue weighted by molar-refractivity contribution is 5.14. The molecule has 0 amide bonds. The van der Waals surface area contributed by atoms with Gasteiger partial charge in [-0.1, -0.05) is 30.3 Å². The number of aryl methyl sites for hydroxylation is 1. The van der Waals surface area contributed by atoms with Crippen molar-refractivity contribution in [2.45, 2.75) is 33.6 Å². The molecule has 1 aromatic carbocycles. The second-order valence-corrected chi connectivity index (χ2v) is 4.60. The third-order valence-corrected chi connectivity index (χ3v) is 3.95. The van der Waals surface area contributed by atoms with Crippen molar-refractivity contribution < 1.29 is 21.5 Å². The van der Waals surface area contributed by atoms with Crippen LogP contribution in [0.3, 0.4) is 0 Å². The van der Waals surface area contributed by atoms with Crippen LogP contribution in [-0.2, 0) is 6.42 Å². The summed E-state index contributed by atoms with van der Waals surface area (Å²) in [5.74, 6) is 0. The number of halogens is 1. The molecule has 0 saturated heterocycles. The summed E-state index contributed by atoms with van der Waals surface area (Å²) in [4.78, 5) is 0. The normalized spacial score (nSPS) is 11.0. The summed E-state index contributed by atoms with van der Waals surface area (Å²) in [6.45, 7) is 12.1. The van der Waals surface area contributed by atoms with Crippen LogP contribution < -0.4 is 17.0 Å². The number of quaternary nitrogens is 1. The minimum absolute atomic E-state index is 0. The molecule has 0 unspecified atom stereocenters. The Kier molecular flexibility index (Phi) is 8.53. The molecule has 98 valence electrons. The van der Waals surface area contributed by atoms with Crippen molar-refractivity contribution in [2.75, 3.05) is 26.2 Å². The van der Waals surface area contributed by atoms with E-state index in [0.717, 1.165) is 0 Å². The Balaban J connectivity index is 0.00000256. The van der Waals surface area contributed by atoms with Gasteiger partial charge in [0.25, 0.3) is 0 Å². The second kappa shape index (κ2) is 8.71. The molecule has 1 aromatic rings. The lowest BCUT2D eigenvalue weighted by Gasteiger charge is -2.35. The van der Waals surface area contributed by atoms with Gasteiger partial charge in [-0.15, -0.1) is 0 Å². The summed E-state index contributed by atoms with van der Waals surface area (Å²) >= 11 is 0. The van der Waals surface area contributed by atoms with Gasteiger partial charge in [0.2, 0.25) is 0 Å². The number of nitrogens with zero attached hydrogens (tertiary/aromatic N) is 1. The first-order valence-corrected chi connectivity index (χ1v) is 6.65. The van der Waals surface area contributed by atoms with Crippen molar-refractivity contribution in [3.05, 3.63) is 35.9 Å². The molecule has 0 spiro atoms. The van der Waals surface area contributed by atoms with Crippen LogP contribution in [-0.4, -0.2) is 30.7 Å². The third-order valence-electron chi connectivity index (χ3n) is 3.95. The molecule has 0 fully saturated rings.